The van der Waals surface area contributed by atoms with Crippen LogP contribution < -0.4 is 14.2 Å². The minimum atomic E-state index is -1.28. The maximum absolute atomic E-state index is 12.2. The molecule has 1 N–H and O–H groups in total. The Hall–Kier alpha value is -2.63. The summed E-state index contributed by atoms with van der Waals surface area (Å²) < 4.78 is 12.2. The molecule has 1 unspecified atom stereocenters. The number of aromatic nitrogens is 1. The Morgan fingerprint density at radius 2 is 2.08 bits per heavy atom. The molecule has 0 aliphatic carbocycles. The summed E-state index contributed by atoms with van der Waals surface area (Å²) in [6.45, 7) is 4.48. The largest absolute Gasteiger partial charge is 0.497 e. The Morgan fingerprint density at radius 3 is 2.75 bits per heavy atom. The molecule has 1 aliphatic rings. The van der Waals surface area contributed by atoms with Crippen molar-refractivity contribution in [3.05, 3.63) is 58.8 Å². The highest BCUT2D eigenvalue weighted by molar-refractivity contribution is 5.49. The quantitative estimate of drug-likeness (QED) is 0.534. The Bertz CT molecular complexity index is 775. The van der Waals surface area contributed by atoms with Gasteiger partial charge in [0, 0.05) is 27.8 Å². The van der Waals surface area contributed by atoms with Crippen molar-refractivity contribution in [1.29, 1.82) is 0 Å². The van der Waals surface area contributed by atoms with E-state index in [4.69, 9.17) is 9.47 Å². The molecule has 6 nitrogen and oxygen atoms in total. The van der Waals surface area contributed by atoms with E-state index in [0.717, 1.165) is 4.73 Å². The summed E-state index contributed by atoms with van der Waals surface area (Å²) in [5.41, 5.74) is -0.604. The summed E-state index contributed by atoms with van der Waals surface area (Å²) in [5.74, 6) is 1.18. The average molecular weight is 329 g/mol. The van der Waals surface area contributed by atoms with E-state index < -0.39 is 5.54 Å². The maximum Gasteiger partial charge on any atom is 0.269 e. The Labute approximate surface area is 140 Å². The molecule has 0 bridgehead atoms. The van der Waals surface area contributed by atoms with Crippen LogP contribution in [0, 0.1) is 10.3 Å². The summed E-state index contributed by atoms with van der Waals surface area (Å²) >= 11 is 0. The molecule has 1 aromatic heterocycles. The van der Waals surface area contributed by atoms with Gasteiger partial charge >= 0.3 is 0 Å². The highest BCUT2D eigenvalue weighted by Gasteiger charge is 2.52. The van der Waals surface area contributed by atoms with E-state index in [9.17, 15) is 10.1 Å². The molecule has 0 saturated heterocycles. The summed E-state index contributed by atoms with van der Waals surface area (Å²) in [6.07, 6.45) is 1.88. The zero-order chi connectivity index (χ0) is 17.4. The first kappa shape index (κ1) is 16.2. The fourth-order valence-corrected chi connectivity index (χ4v) is 3.32. The first-order valence-electron chi connectivity index (χ1n) is 7.78. The van der Waals surface area contributed by atoms with Crippen molar-refractivity contribution in [2.24, 2.45) is 10.6 Å². The lowest BCUT2D eigenvalue weighted by molar-refractivity contribution is -0.911. The van der Waals surface area contributed by atoms with Crippen molar-refractivity contribution in [3.63, 3.8) is 0 Å². The average Bonchev–Trinajstić information content (AvgIpc) is 2.69. The van der Waals surface area contributed by atoms with Crippen LogP contribution in [0.2, 0.25) is 0 Å². The van der Waals surface area contributed by atoms with Gasteiger partial charge < -0.3 is 9.47 Å². The minimum Gasteiger partial charge on any atom is -0.497 e. The van der Waals surface area contributed by atoms with Crippen molar-refractivity contribution in [3.8, 4) is 11.5 Å². The van der Waals surface area contributed by atoms with Crippen LogP contribution in [0.15, 0.2) is 47.8 Å². The van der Waals surface area contributed by atoms with E-state index in [-0.39, 0.29) is 5.41 Å². The number of ether oxygens (including phenoxy) is 2. The van der Waals surface area contributed by atoms with Gasteiger partial charge in [0.2, 0.25) is 11.7 Å². The zero-order valence-electron chi connectivity index (χ0n) is 14.0. The van der Waals surface area contributed by atoms with Crippen molar-refractivity contribution in [2.75, 3.05) is 13.7 Å². The van der Waals surface area contributed by atoms with Crippen LogP contribution in [-0.4, -0.2) is 18.9 Å². The molecule has 3 rings (SSSR count). The summed E-state index contributed by atoms with van der Waals surface area (Å²) in [4.78, 5) is 12.2. The van der Waals surface area contributed by atoms with Crippen LogP contribution in [0.5, 0.6) is 11.5 Å². The predicted molar refractivity (Wildman–Crippen MR) is 87.3 cm³/mol. The number of hydrogen-bond acceptors (Lipinski definition) is 5. The molecule has 0 radical (unpaired) electrons. The van der Waals surface area contributed by atoms with Crippen LogP contribution in [-0.2, 0) is 5.54 Å². The fraction of sp³-hybridized carbons (Fsp3) is 0.389. The van der Waals surface area contributed by atoms with Crippen molar-refractivity contribution in [1.82, 2.24) is 0 Å². The van der Waals surface area contributed by atoms with Gasteiger partial charge in [-0.15, -0.1) is 4.91 Å². The van der Waals surface area contributed by atoms with Gasteiger partial charge in [0.1, 0.15) is 11.5 Å². The standard InChI is InChI=1S/C18H21N2O4/c1-17(2)11-18(19-21,16-6-4-5-9-20(16)22)14-10-13(23-3)7-8-15(14)24-12-17/h4-10,22H,11-12H2,1-3H3/q+1. The van der Waals surface area contributed by atoms with Gasteiger partial charge in [-0.05, 0) is 35.9 Å². The smallest absolute Gasteiger partial charge is 0.269 e. The summed E-state index contributed by atoms with van der Waals surface area (Å²) in [6, 6.07) is 10.5. The lowest BCUT2D eigenvalue weighted by atomic mass is 9.74. The SMILES string of the molecule is COc1ccc2c(c1)C(N=O)(c1cccc[n+]1O)CC(C)(C)CO2. The highest BCUT2D eigenvalue weighted by Crippen LogP contribution is 2.49. The summed E-state index contributed by atoms with van der Waals surface area (Å²) in [5, 5.41) is 13.8. The van der Waals surface area contributed by atoms with Gasteiger partial charge in [0.15, 0.2) is 0 Å². The second-order valence-corrected chi connectivity index (χ2v) is 6.87. The Balaban J connectivity index is 2.33. The Kier molecular flexibility index (Phi) is 3.91. The molecule has 2 aromatic rings. The van der Waals surface area contributed by atoms with Crippen LogP contribution in [0.4, 0.5) is 0 Å². The second-order valence-electron chi connectivity index (χ2n) is 6.87. The molecular weight excluding hydrogens is 308 g/mol. The van der Waals surface area contributed by atoms with E-state index in [1.807, 2.05) is 13.8 Å². The molecule has 0 amide bonds. The van der Waals surface area contributed by atoms with Crippen molar-refractivity contribution in [2.45, 2.75) is 25.8 Å². The van der Waals surface area contributed by atoms with Crippen LogP contribution >= 0.6 is 0 Å². The van der Waals surface area contributed by atoms with Crippen molar-refractivity contribution < 1.29 is 19.4 Å². The number of pyridine rings is 1. The van der Waals surface area contributed by atoms with E-state index >= 15 is 0 Å². The Morgan fingerprint density at radius 1 is 1.29 bits per heavy atom. The number of nitrogens with zero attached hydrogens (tertiary/aromatic N) is 2. The predicted octanol–water partition coefficient (Wildman–Crippen LogP) is 3.04. The number of benzene rings is 1. The molecule has 1 aliphatic heterocycles. The van der Waals surface area contributed by atoms with E-state index in [2.05, 4.69) is 5.18 Å². The summed E-state index contributed by atoms with van der Waals surface area (Å²) in [7, 11) is 1.56. The topological polar surface area (TPSA) is 72.0 Å². The van der Waals surface area contributed by atoms with Crippen LogP contribution in [0.1, 0.15) is 31.5 Å². The lowest BCUT2D eigenvalue weighted by Gasteiger charge is -2.29. The third-order valence-electron chi connectivity index (χ3n) is 4.40. The van der Waals surface area contributed by atoms with Gasteiger partial charge in [-0.3, -0.25) is 5.21 Å². The number of hydrogen-bond donors (Lipinski definition) is 1. The van der Waals surface area contributed by atoms with Gasteiger partial charge in [0.05, 0.1) is 13.7 Å². The number of methoxy groups -OCH3 is 1. The molecule has 2 heterocycles. The second kappa shape index (κ2) is 5.78. The number of rotatable bonds is 3. The normalized spacial score (nSPS) is 22.0. The van der Waals surface area contributed by atoms with E-state index in [1.165, 1.54) is 6.20 Å². The molecule has 1 aromatic carbocycles. The lowest BCUT2D eigenvalue weighted by Crippen LogP contribution is -2.45. The van der Waals surface area contributed by atoms with E-state index in [1.54, 1.807) is 43.5 Å². The zero-order valence-corrected chi connectivity index (χ0v) is 14.0. The molecular formula is C18H21N2O4+. The van der Waals surface area contributed by atoms with E-state index in [0.29, 0.717) is 35.8 Å². The van der Waals surface area contributed by atoms with Gasteiger partial charge in [-0.25, -0.2) is 0 Å². The van der Waals surface area contributed by atoms with Crippen LogP contribution in [0.25, 0.3) is 0 Å². The molecule has 126 valence electrons. The maximum atomic E-state index is 12.2. The van der Waals surface area contributed by atoms with Crippen LogP contribution in [0.3, 0.4) is 0 Å². The molecule has 0 saturated carbocycles. The molecule has 0 spiro atoms. The fourth-order valence-electron chi connectivity index (χ4n) is 3.32. The molecule has 1 atom stereocenters. The first-order chi connectivity index (χ1) is 11.4. The molecule has 6 heteroatoms. The molecule has 0 fully saturated rings. The van der Waals surface area contributed by atoms with Gasteiger partial charge in [-0.2, -0.15) is 0 Å². The third-order valence-corrected chi connectivity index (χ3v) is 4.40. The van der Waals surface area contributed by atoms with Crippen molar-refractivity contribution >= 4 is 0 Å². The minimum absolute atomic E-state index is 0.316. The number of fused-ring (bicyclic) bond motifs is 1. The third kappa shape index (κ3) is 2.58. The monoisotopic (exact) mass is 329 g/mol. The van der Waals surface area contributed by atoms with Gasteiger partial charge in [-0.1, -0.05) is 13.8 Å². The highest BCUT2D eigenvalue weighted by atomic mass is 16.5. The molecule has 24 heavy (non-hydrogen) atoms. The van der Waals surface area contributed by atoms with Gasteiger partial charge in [0.25, 0.3) is 5.69 Å². The first-order valence-corrected chi connectivity index (χ1v) is 7.78. The number of nitroso groups, excluding NO2 is 1.